The van der Waals surface area contributed by atoms with Crippen molar-refractivity contribution in [2.24, 2.45) is 0 Å². The molecule has 1 aromatic heterocycles. The number of aromatic nitrogens is 3. The number of rotatable bonds is 8. The van der Waals surface area contributed by atoms with Gasteiger partial charge < -0.3 is 5.11 Å². The SMILES string of the molecule is CCCCCC(C)(C)c1cc(-c2ccccc2)c(O)c(-n2nc3ccc(-c4ccccc4)cc3n2)c1. The second-order valence-electron chi connectivity index (χ2n) is 10.2. The third kappa shape index (κ3) is 4.76. The summed E-state index contributed by atoms with van der Waals surface area (Å²) in [6.45, 7) is 6.80. The Labute approximate surface area is 213 Å². The first kappa shape index (κ1) is 23.8. The number of phenolic OH excluding ortho intramolecular Hbond substituents is 1. The molecule has 0 unspecified atom stereocenters. The fourth-order valence-corrected chi connectivity index (χ4v) is 4.79. The summed E-state index contributed by atoms with van der Waals surface area (Å²) in [4.78, 5) is 1.59. The van der Waals surface area contributed by atoms with E-state index in [1.54, 1.807) is 4.80 Å². The predicted molar refractivity (Wildman–Crippen MR) is 149 cm³/mol. The van der Waals surface area contributed by atoms with Crippen molar-refractivity contribution in [3.05, 3.63) is 96.6 Å². The van der Waals surface area contributed by atoms with Crippen molar-refractivity contribution in [1.29, 1.82) is 0 Å². The van der Waals surface area contributed by atoms with Crippen molar-refractivity contribution >= 4 is 11.0 Å². The summed E-state index contributed by atoms with van der Waals surface area (Å²) in [6.07, 6.45) is 4.66. The number of benzene rings is 4. The number of unbranched alkanes of at least 4 members (excludes halogenated alkanes) is 2. The van der Waals surface area contributed by atoms with Crippen molar-refractivity contribution in [3.63, 3.8) is 0 Å². The molecule has 0 atom stereocenters. The minimum absolute atomic E-state index is 0.0474. The van der Waals surface area contributed by atoms with Gasteiger partial charge in [-0.1, -0.05) is 107 Å². The van der Waals surface area contributed by atoms with Gasteiger partial charge in [0.05, 0.1) is 0 Å². The molecule has 5 rings (SSSR count). The Morgan fingerprint density at radius 2 is 1.39 bits per heavy atom. The van der Waals surface area contributed by atoms with Gasteiger partial charge in [0.2, 0.25) is 0 Å². The molecule has 0 saturated carbocycles. The van der Waals surface area contributed by atoms with Crippen LogP contribution in [0.3, 0.4) is 0 Å². The molecule has 0 aliphatic rings. The van der Waals surface area contributed by atoms with E-state index in [1.807, 2.05) is 54.6 Å². The Kier molecular flexibility index (Phi) is 6.60. The van der Waals surface area contributed by atoms with Gasteiger partial charge in [0, 0.05) is 5.56 Å². The lowest BCUT2D eigenvalue weighted by Crippen LogP contribution is -2.18. The van der Waals surface area contributed by atoms with Crippen LogP contribution in [-0.2, 0) is 5.41 Å². The molecule has 4 heteroatoms. The quantitative estimate of drug-likeness (QED) is 0.230. The van der Waals surface area contributed by atoms with Crippen LogP contribution in [0.2, 0.25) is 0 Å². The summed E-state index contributed by atoms with van der Waals surface area (Å²) < 4.78 is 0. The lowest BCUT2D eigenvalue weighted by Gasteiger charge is -2.27. The molecule has 5 aromatic rings. The largest absolute Gasteiger partial charge is 0.505 e. The van der Waals surface area contributed by atoms with Crippen molar-refractivity contribution in [2.45, 2.75) is 51.9 Å². The van der Waals surface area contributed by atoms with E-state index in [-0.39, 0.29) is 11.2 Å². The van der Waals surface area contributed by atoms with Crippen molar-refractivity contribution in [2.75, 3.05) is 0 Å². The van der Waals surface area contributed by atoms with E-state index < -0.39 is 0 Å². The van der Waals surface area contributed by atoms with Crippen LogP contribution >= 0.6 is 0 Å². The van der Waals surface area contributed by atoms with Crippen molar-refractivity contribution in [1.82, 2.24) is 15.0 Å². The molecular weight excluding hydrogens is 442 g/mol. The summed E-state index contributed by atoms with van der Waals surface area (Å²) in [5, 5.41) is 21.0. The standard InChI is InChI=1S/C32H33N3O/c1-4-5-12-19-32(2,3)26-21-27(24-15-10-7-11-16-24)31(36)30(22-26)35-33-28-18-17-25(20-29(28)34-35)23-13-8-6-9-14-23/h6-11,13-18,20-22,36H,4-5,12,19H2,1-3H3. The highest BCUT2D eigenvalue weighted by Gasteiger charge is 2.25. The van der Waals surface area contributed by atoms with Crippen molar-refractivity contribution < 1.29 is 5.11 Å². The minimum Gasteiger partial charge on any atom is -0.505 e. The number of phenols is 1. The Morgan fingerprint density at radius 3 is 2.08 bits per heavy atom. The van der Waals surface area contributed by atoms with Crippen LogP contribution < -0.4 is 0 Å². The molecule has 0 amide bonds. The van der Waals surface area contributed by atoms with Gasteiger partial charge in [-0.25, -0.2) is 0 Å². The normalized spacial score (nSPS) is 11.8. The lowest BCUT2D eigenvalue weighted by molar-refractivity contribution is 0.445. The maximum Gasteiger partial charge on any atom is 0.150 e. The smallest absolute Gasteiger partial charge is 0.150 e. The summed E-state index contributed by atoms with van der Waals surface area (Å²) in [5.41, 5.74) is 7.34. The minimum atomic E-state index is -0.0474. The number of aromatic hydroxyl groups is 1. The van der Waals surface area contributed by atoms with Gasteiger partial charge in [-0.05, 0) is 58.4 Å². The first-order chi connectivity index (χ1) is 17.5. The molecule has 0 fully saturated rings. The van der Waals surface area contributed by atoms with E-state index in [2.05, 4.69) is 57.2 Å². The highest BCUT2D eigenvalue weighted by atomic mass is 16.3. The van der Waals surface area contributed by atoms with Gasteiger partial charge in [0.25, 0.3) is 0 Å². The first-order valence-electron chi connectivity index (χ1n) is 12.8. The monoisotopic (exact) mass is 475 g/mol. The van der Waals surface area contributed by atoms with Crippen LogP contribution in [0.1, 0.15) is 52.0 Å². The maximum atomic E-state index is 11.5. The molecule has 182 valence electrons. The van der Waals surface area contributed by atoms with Gasteiger partial charge in [0.1, 0.15) is 16.7 Å². The summed E-state index contributed by atoms with van der Waals surface area (Å²) in [7, 11) is 0. The first-order valence-corrected chi connectivity index (χ1v) is 12.8. The van der Waals surface area contributed by atoms with Gasteiger partial charge in [0.15, 0.2) is 5.75 Å². The van der Waals surface area contributed by atoms with Gasteiger partial charge in [-0.2, -0.15) is 0 Å². The maximum absolute atomic E-state index is 11.5. The molecule has 0 aliphatic heterocycles. The topological polar surface area (TPSA) is 50.9 Å². The molecule has 0 spiro atoms. The molecule has 0 aliphatic carbocycles. The van der Waals surface area contributed by atoms with Gasteiger partial charge in [-0.3, -0.25) is 0 Å². The van der Waals surface area contributed by atoms with E-state index in [4.69, 9.17) is 10.2 Å². The summed E-state index contributed by atoms with van der Waals surface area (Å²) in [6, 6.07) is 30.6. The average molecular weight is 476 g/mol. The van der Waals surface area contributed by atoms with E-state index in [0.717, 1.165) is 39.7 Å². The Bertz CT molecular complexity index is 1470. The molecular formula is C32H33N3O. The van der Waals surface area contributed by atoms with Crippen LogP contribution in [0.25, 0.3) is 39.0 Å². The summed E-state index contributed by atoms with van der Waals surface area (Å²) in [5.74, 6) is 0.192. The third-order valence-corrected chi connectivity index (χ3v) is 7.06. The number of fused-ring (bicyclic) bond motifs is 1. The molecule has 0 radical (unpaired) electrons. The van der Waals surface area contributed by atoms with E-state index in [9.17, 15) is 5.11 Å². The Balaban J connectivity index is 1.63. The Morgan fingerprint density at radius 1 is 0.722 bits per heavy atom. The average Bonchev–Trinajstić information content (AvgIpc) is 3.33. The highest BCUT2D eigenvalue weighted by Crippen LogP contribution is 2.40. The lowest BCUT2D eigenvalue weighted by atomic mass is 9.78. The van der Waals surface area contributed by atoms with E-state index in [1.165, 1.54) is 24.8 Å². The van der Waals surface area contributed by atoms with E-state index in [0.29, 0.717) is 5.69 Å². The predicted octanol–water partition coefficient (Wildman–Crippen LogP) is 8.32. The molecule has 36 heavy (non-hydrogen) atoms. The van der Waals surface area contributed by atoms with Crippen LogP contribution in [0.5, 0.6) is 5.75 Å². The zero-order valence-corrected chi connectivity index (χ0v) is 21.3. The summed E-state index contributed by atoms with van der Waals surface area (Å²) >= 11 is 0. The van der Waals surface area contributed by atoms with Crippen LogP contribution in [0.15, 0.2) is 91.0 Å². The fourth-order valence-electron chi connectivity index (χ4n) is 4.79. The van der Waals surface area contributed by atoms with Gasteiger partial charge >= 0.3 is 0 Å². The van der Waals surface area contributed by atoms with E-state index >= 15 is 0 Å². The molecule has 1 N–H and O–H groups in total. The zero-order chi connectivity index (χ0) is 25.1. The third-order valence-electron chi connectivity index (χ3n) is 7.06. The number of hydrogen-bond acceptors (Lipinski definition) is 3. The van der Waals surface area contributed by atoms with Gasteiger partial charge in [-0.15, -0.1) is 15.0 Å². The van der Waals surface area contributed by atoms with Crippen LogP contribution in [0, 0.1) is 0 Å². The molecule has 4 nitrogen and oxygen atoms in total. The number of nitrogens with zero attached hydrogens (tertiary/aromatic N) is 3. The second-order valence-corrected chi connectivity index (χ2v) is 10.2. The number of hydrogen-bond donors (Lipinski definition) is 1. The molecule has 4 aromatic carbocycles. The molecule has 0 bridgehead atoms. The molecule has 0 saturated heterocycles. The fraction of sp³-hybridized carbons (Fsp3) is 0.250. The molecule has 1 heterocycles. The van der Waals surface area contributed by atoms with Crippen LogP contribution in [0.4, 0.5) is 0 Å². The highest BCUT2D eigenvalue weighted by molar-refractivity contribution is 5.82. The Hall–Kier alpha value is -3.92. The second kappa shape index (κ2) is 9.98. The van der Waals surface area contributed by atoms with Crippen LogP contribution in [-0.4, -0.2) is 20.1 Å². The zero-order valence-electron chi connectivity index (χ0n) is 21.3. The van der Waals surface area contributed by atoms with Crippen molar-refractivity contribution in [3.8, 4) is 33.7 Å².